The largest absolute Gasteiger partial charge is 0.0912 e. The molecule has 0 nitrogen and oxygen atoms in total. The molecule has 18 heavy (non-hydrogen) atoms. The highest BCUT2D eigenvalue weighted by atomic mass is 14.1. The molecule has 1 aliphatic carbocycles. The van der Waals surface area contributed by atoms with Gasteiger partial charge in [0, 0.05) is 5.92 Å². The fourth-order valence-electron chi connectivity index (χ4n) is 2.29. The van der Waals surface area contributed by atoms with Crippen LogP contribution in [0.15, 0.2) is 72.9 Å². The zero-order chi connectivity index (χ0) is 12.8. The molecular weight excluding hydrogens is 216 g/mol. The maximum atomic E-state index is 4.19. The quantitative estimate of drug-likeness (QED) is 0.633. The lowest BCUT2D eigenvalue weighted by Crippen LogP contribution is -2.01. The highest BCUT2D eigenvalue weighted by Gasteiger charge is 2.10. The third-order valence-electron chi connectivity index (χ3n) is 3.37. The molecule has 0 spiro atoms. The van der Waals surface area contributed by atoms with Crippen molar-refractivity contribution in [1.29, 1.82) is 0 Å². The first-order valence-electron chi connectivity index (χ1n) is 6.59. The van der Waals surface area contributed by atoms with Gasteiger partial charge in [-0.1, -0.05) is 79.8 Å². The third kappa shape index (κ3) is 3.10. The molecule has 1 aliphatic rings. The van der Waals surface area contributed by atoms with Crippen LogP contribution >= 0.6 is 0 Å². The first-order valence-corrected chi connectivity index (χ1v) is 6.59. The number of rotatable bonds is 4. The Morgan fingerprint density at radius 3 is 2.67 bits per heavy atom. The molecule has 0 aromatic heterocycles. The van der Waals surface area contributed by atoms with Crippen LogP contribution in [0.1, 0.15) is 25.3 Å². The van der Waals surface area contributed by atoms with Gasteiger partial charge < -0.3 is 0 Å². The summed E-state index contributed by atoms with van der Waals surface area (Å²) in [6.07, 6.45) is 13.2. The van der Waals surface area contributed by atoms with Gasteiger partial charge in [-0.05, 0) is 24.0 Å². The molecule has 0 bridgehead atoms. The molecule has 0 saturated heterocycles. The average molecular weight is 236 g/mol. The van der Waals surface area contributed by atoms with E-state index in [1.165, 1.54) is 11.1 Å². The van der Waals surface area contributed by atoms with Crippen LogP contribution in [0.2, 0.25) is 0 Å². The Kier molecular flexibility index (Phi) is 4.35. The van der Waals surface area contributed by atoms with Crippen LogP contribution in [0, 0.1) is 5.92 Å². The molecule has 0 aliphatic heterocycles. The molecule has 0 radical (unpaired) electrons. The number of benzene rings is 1. The van der Waals surface area contributed by atoms with Crippen molar-refractivity contribution in [1.82, 2.24) is 0 Å². The van der Waals surface area contributed by atoms with Gasteiger partial charge in [0.05, 0.1) is 0 Å². The van der Waals surface area contributed by atoms with E-state index < -0.39 is 0 Å². The number of allylic oxidation sites excluding steroid dienone is 7. The molecule has 92 valence electrons. The van der Waals surface area contributed by atoms with Crippen molar-refractivity contribution in [2.75, 3.05) is 0 Å². The molecular formula is C18H20. The normalized spacial score (nSPS) is 18.9. The molecule has 0 heteroatoms. The molecule has 1 aromatic carbocycles. The standard InChI is InChI=1S/C18H20/c1-3-16(18-12-8-5-9-13-18)14-15(2)17-10-6-4-7-11-17/h4-12,14,18H,2-3,13H2,1H3/b16-14+. The maximum absolute atomic E-state index is 4.19. The summed E-state index contributed by atoms with van der Waals surface area (Å²) in [6.45, 7) is 6.41. The van der Waals surface area contributed by atoms with Crippen LogP contribution in [0.4, 0.5) is 0 Å². The van der Waals surface area contributed by atoms with Crippen molar-refractivity contribution in [3.63, 3.8) is 0 Å². The van der Waals surface area contributed by atoms with E-state index in [9.17, 15) is 0 Å². The van der Waals surface area contributed by atoms with Crippen LogP contribution < -0.4 is 0 Å². The summed E-state index contributed by atoms with van der Waals surface area (Å²) < 4.78 is 0. The molecule has 1 aromatic rings. The Labute approximate surface area is 110 Å². The Hall–Kier alpha value is -1.82. The molecule has 0 heterocycles. The van der Waals surface area contributed by atoms with E-state index in [2.05, 4.69) is 68.1 Å². The van der Waals surface area contributed by atoms with E-state index in [1.54, 1.807) is 0 Å². The Bertz CT molecular complexity index is 486. The molecule has 1 atom stereocenters. The fourth-order valence-corrected chi connectivity index (χ4v) is 2.29. The average Bonchev–Trinajstić information content (AvgIpc) is 2.46. The maximum Gasteiger partial charge on any atom is 0.00177 e. The van der Waals surface area contributed by atoms with Gasteiger partial charge in [-0.3, -0.25) is 0 Å². The molecule has 1 unspecified atom stereocenters. The number of hydrogen-bond acceptors (Lipinski definition) is 0. The molecule has 0 fully saturated rings. The van der Waals surface area contributed by atoms with Gasteiger partial charge in [-0.25, -0.2) is 0 Å². The van der Waals surface area contributed by atoms with Gasteiger partial charge >= 0.3 is 0 Å². The highest BCUT2D eigenvalue weighted by Crippen LogP contribution is 2.26. The predicted octanol–water partition coefficient (Wildman–Crippen LogP) is 5.17. The van der Waals surface area contributed by atoms with E-state index in [1.807, 2.05) is 6.07 Å². The summed E-state index contributed by atoms with van der Waals surface area (Å²) >= 11 is 0. The smallest absolute Gasteiger partial charge is 0.00177 e. The van der Waals surface area contributed by atoms with Crippen LogP contribution in [0.25, 0.3) is 5.57 Å². The van der Waals surface area contributed by atoms with Crippen LogP contribution in [0.3, 0.4) is 0 Å². The summed E-state index contributed by atoms with van der Waals surface area (Å²) in [5.41, 5.74) is 3.78. The van der Waals surface area contributed by atoms with E-state index >= 15 is 0 Å². The van der Waals surface area contributed by atoms with Crippen molar-refractivity contribution < 1.29 is 0 Å². The molecule has 0 amide bonds. The van der Waals surface area contributed by atoms with Gasteiger partial charge in [0.2, 0.25) is 0 Å². The van der Waals surface area contributed by atoms with E-state index in [0.717, 1.165) is 18.4 Å². The molecule has 0 N–H and O–H groups in total. The second-order valence-corrected chi connectivity index (χ2v) is 4.62. The first-order chi connectivity index (χ1) is 8.81. The summed E-state index contributed by atoms with van der Waals surface area (Å²) in [5, 5.41) is 0. The van der Waals surface area contributed by atoms with Crippen molar-refractivity contribution in [3.05, 3.63) is 78.4 Å². The summed E-state index contributed by atoms with van der Waals surface area (Å²) in [5.74, 6) is 0.542. The minimum Gasteiger partial charge on any atom is -0.0912 e. The number of hydrogen-bond donors (Lipinski definition) is 0. The Balaban J connectivity index is 2.17. The summed E-state index contributed by atoms with van der Waals surface area (Å²) in [7, 11) is 0. The first kappa shape index (κ1) is 12.6. The molecule has 2 rings (SSSR count). The van der Waals surface area contributed by atoms with Crippen molar-refractivity contribution >= 4 is 5.57 Å². The van der Waals surface area contributed by atoms with Gasteiger partial charge in [0.25, 0.3) is 0 Å². The monoisotopic (exact) mass is 236 g/mol. The lowest BCUT2D eigenvalue weighted by molar-refractivity contribution is 0.733. The lowest BCUT2D eigenvalue weighted by atomic mass is 9.88. The summed E-state index contributed by atoms with van der Waals surface area (Å²) in [4.78, 5) is 0. The molecule has 0 saturated carbocycles. The zero-order valence-corrected chi connectivity index (χ0v) is 11.0. The van der Waals surface area contributed by atoms with Crippen molar-refractivity contribution in [2.24, 2.45) is 5.92 Å². The lowest BCUT2D eigenvalue weighted by Gasteiger charge is -2.17. The van der Waals surface area contributed by atoms with E-state index in [4.69, 9.17) is 0 Å². The van der Waals surface area contributed by atoms with Crippen LogP contribution in [-0.2, 0) is 0 Å². The highest BCUT2D eigenvalue weighted by molar-refractivity contribution is 5.72. The van der Waals surface area contributed by atoms with E-state index in [0.29, 0.717) is 5.92 Å². The minimum atomic E-state index is 0.542. The second kappa shape index (κ2) is 6.20. The van der Waals surface area contributed by atoms with E-state index in [-0.39, 0.29) is 0 Å². The SMILES string of the molecule is C=C(/C=C(\CC)C1C=CC=CC1)c1ccccc1. The predicted molar refractivity (Wildman–Crippen MR) is 80.2 cm³/mol. The third-order valence-corrected chi connectivity index (χ3v) is 3.37. The topological polar surface area (TPSA) is 0 Å². The minimum absolute atomic E-state index is 0.542. The van der Waals surface area contributed by atoms with Gasteiger partial charge in [0.1, 0.15) is 0 Å². The van der Waals surface area contributed by atoms with Crippen molar-refractivity contribution in [3.8, 4) is 0 Å². The van der Waals surface area contributed by atoms with Gasteiger partial charge in [0.15, 0.2) is 0 Å². The Morgan fingerprint density at radius 1 is 1.28 bits per heavy atom. The van der Waals surface area contributed by atoms with Gasteiger partial charge in [-0.2, -0.15) is 0 Å². The second-order valence-electron chi connectivity index (χ2n) is 4.62. The van der Waals surface area contributed by atoms with Crippen LogP contribution in [0.5, 0.6) is 0 Å². The zero-order valence-electron chi connectivity index (χ0n) is 11.0. The van der Waals surface area contributed by atoms with Gasteiger partial charge in [-0.15, -0.1) is 0 Å². The van der Waals surface area contributed by atoms with Crippen molar-refractivity contribution in [2.45, 2.75) is 19.8 Å². The fraction of sp³-hybridized carbons (Fsp3) is 0.222. The van der Waals surface area contributed by atoms with Crippen LogP contribution in [-0.4, -0.2) is 0 Å². The Morgan fingerprint density at radius 2 is 2.06 bits per heavy atom. The summed E-state index contributed by atoms with van der Waals surface area (Å²) in [6, 6.07) is 10.4.